The van der Waals surface area contributed by atoms with E-state index in [1.165, 1.54) is 11.3 Å². The third-order valence-electron chi connectivity index (χ3n) is 2.08. The van der Waals surface area contributed by atoms with Gasteiger partial charge in [0.2, 0.25) is 0 Å². The van der Waals surface area contributed by atoms with Gasteiger partial charge in [-0.25, -0.2) is 9.97 Å². The van der Waals surface area contributed by atoms with Gasteiger partial charge in [-0.05, 0) is 24.3 Å². The Balaban J connectivity index is 1.95. The number of nitrogens with one attached hydrogen (secondary N) is 1. The average Bonchev–Trinajstić information content (AvgIpc) is 2.72. The van der Waals surface area contributed by atoms with Crippen molar-refractivity contribution in [2.75, 3.05) is 5.32 Å². The van der Waals surface area contributed by atoms with Crippen LogP contribution in [0.5, 0.6) is 0 Å². The third-order valence-corrected chi connectivity index (χ3v) is 2.97. The molecule has 5 heteroatoms. The minimum atomic E-state index is 0.835. The zero-order valence-corrected chi connectivity index (χ0v) is 9.11. The van der Waals surface area contributed by atoms with E-state index in [0.29, 0.717) is 0 Å². The molecule has 0 aromatic carbocycles. The number of hydrogen-bond donors (Lipinski definition) is 1. The number of anilines is 2. The average molecular weight is 228 g/mol. The molecule has 3 heterocycles. The summed E-state index contributed by atoms with van der Waals surface area (Å²) in [6.45, 7) is 0. The molecule has 16 heavy (non-hydrogen) atoms. The Morgan fingerprint density at radius 1 is 1.12 bits per heavy atom. The van der Waals surface area contributed by atoms with Gasteiger partial charge in [0.25, 0.3) is 0 Å². The van der Waals surface area contributed by atoms with Crippen LogP contribution in [0.3, 0.4) is 0 Å². The van der Waals surface area contributed by atoms with Gasteiger partial charge < -0.3 is 5.32 Å². The summed E-state index contributed by atoms with van der Waals surface area (Å²) in [5.74, 6) is 0. The largest absolute Gasteiger partial charge is 0.330 e. The van der Waals surface area contributed by atoms with Crippen LogP contribution in [0.15, 0.2) is 42.9 Å². The number of pyridine rings is 2. The third kappa shape index (κ3) is 1.72. The molecular weight excluding hydrogens is 220 g/mol. The Kier molecular flexibility index (Phi) is 2.23. The molecule has 0 saturated heterocycles. The Morgan fingerprint density at radius 3 is 2.88 bits per heavy atom. The molecule has 0 fully saturated rings. The molecule has 78 valence electrons. The van der Waals surface area contributed by atoms with Crippen LogP contribution in [0.1, 0.15) is 0 Å². The topological polar surface area (TPSA) is 50.7 Å². The fraction of sp³-hybridized carbons (Fsp3) is 0. The quantitative estimate of drug-likeness (QED) is 0.732. The van der Waals surface area contributed by atoms with Crippen LogP contribution >= 0.6 is 11.3 Å². The number of nitrogens with zero attached hydrogens (tertiary/aromatic N) is 3. The first-order valence-electron chi connectivity index (χ1n) is 4.80. The predicted octanol–water partition coefficient (Wildman–Crippen LogP) is 2.83. The standard InChI is InChI=1S/C11H8N4S/c1-3-8(7-12-5-1)14-11-15-9-4-2-6-13-10(9)16-11/h1-7H,(H,14,15). The number of rotatable bonds is 2. The van der Waals surface area contributed by atoms with Gasteiger partial charge in [0.1, 0.15) is 10.3 Å². The summed E-state index contributed by atoms with van der Waals surface area (Å²) in [5.41, 5.74) is 1.85. The molecule has 4 nitrogen and oxygen atoms in total. The van der Waals surface area contributed by atoms with Crippen molar-refractivity contribution in [2.45, 2.75) is 0 Å². The smallest absolute Gasteiger partial charge is 0.189 e. The lowest BCUT2D eigenvalue weighted by molar-refractivity contribution is 1.31. The van der Waals surface area contributed by atoms with Crippen LogP contribution in [0.25, 0.3) is 10.3 Å². The summed E-state index contributed by atoms with van der Waals surface area (Å²) in [5, 5.41) is 4.03. The molecule has 0 bridgehead atoms. The molecule has 0 aliphatic heterocycles. The molecule has 3 aromatic heterocycles. The SMILES string of the molecule is c1cncc(Nc2nc3cccnc3s2)c1. The van der Waals surface area contributed by atoms with E-state index in [0.717, 1.165) is 21.2 Å². The molecule has 0 aliphatic carbocycles. The first kappa shape index (κ1) is 9.23. The normalized spacial score (nSPS) is 10.5. The van der Waals surface area contributed by atoms with E-state index in [9.17, 15) is 0 Å². The van der Waals surface area contributed by atoms with Gasteiger partial charge in [0.15, 0.2) is 5.13 Å². The van der Waals surface area contributed by atoms with Crippen molar-refractivity contribution in [3.05, 3.63) is 42.9 Å². The van der Waals surface area contributed by atoms with Gasteiger partial charge in [0, 0.05) is 12.4 Å². The van der Waals surface area contributed by atoms with Crippen molar-refractivity contribution in [3.63, 3.8) is 0 Å². The molecule has 0 unspecified atom stereocenters. The van der Waals surface area contributed by atoms with Crippen LogP contribution in [-0.4, -0.2) is 15.0 Å². The van der Waals surface area contributed by atoms with E-state index in [1.54, 1.807) is 18.6 Å². The summed E-state index contributed by atoms with van der Waals surface area (Å²) in [6.07, 6.45) is 5.28. The highest BCUT2D eigenvalue weighted by Crippen LogP contribution is 2.25. The van der Waals surface area contributed by atoms with E-state index < -0.39 is 0 Å². The summed E-state index contributed by atoms with van der Waals surface area (Å²) in [4.78, 5) is 13.6. The number of hydrogen-bond acceptors (Lipinski definition) is 5. The lowest BCUT2D eigenvalue weighted by atomic mass is 10.4. The fourth-order valence-electron chi connectivity index (χ4n) is 1.38. The summed E-state index contributed by atoms with van der Waals surface area (Å²) in [6, 6.07) is 7.67. The van der Waals surface area contributed by atoms with Gasteiger partial charge in [-0.2, -0.15) is 0 Å². The van der Waals surface area contributed by atoms with Crippen LogP contribution < -0.4 is 5.32 Å². The van der Waals surface area contributed by atoms with Gasteiger partial charge in [0.05, 0.1) is 11.9 Å². The predicted molar refractivity (Wildman–Crippen MR) is 64.9 cm³/mol. The second-order valence-electron chi connectivity index (χ2n) is 3.21. The molecule has 3 rings (SSSR count). The highest BCUT2D eigenvalue weighted by Gasteiger charge is 2.03. The monoisotopic (exact) mass is 228 g/mol. The molecule has 0 aliphatic rings. The Morgan fingerprint density at radius 2 is 2.06 bits per heavy atom. The van der Waals surface area contributed by atoms with Crippen molar-refractivity contribution < 1.29 is 0 Å². The Bertz CT molecular complexity index is 572. The van der Waals surface area contributed by atoms with E-state index in [-0.39, 0.29) is 0 Å². The zero-order chi connectivity index (χ0) is 10.8. The van der Waals surface area contributed by atoms with Crippen LogP contribution in [0, 0.1) is 0 Å². The first-order valence-corrected chi connectivity index (χ1v) is 5.62. The summed E-state index contributed by atoms with van der Waals surface area (Å²) < 4.78 is 0. The number of thiazole rings is 1. The Hall–Kier alpha value is -2.01. The van der Waals surface area contributed by atoms with Crippen molar-refractivity contribution >= 4 is 32.5 Å². The molecule has 3 aromatic rings. The highest BCUT2D eigenvalue weighted by atomic mass is 32.1. The maximum Gasteiger partial charge on any atom is 0.189 e. The van der Waals surface area contributed by atoms with E-state index >= 15 is 0 Å². The number of aromatic nitrogens is 3. The van der Waals surface area contributed by atoms with Gasteiger partial charge >= 0.3 is 0 Å². The van der Waals surface area contributed by atoms with Crippen LogP contribution in [-0.2, 0) is 0 Å². The van der Waals surface area contributed by atoms with E-state index in [1.807, 2.05) is 24.3 Å². The molecule has 1 N–H and O–H groups in total. The molecule has 0 spiro atoms. The maximum atomic E-state index is 4.43. The van der Waals surface area contributed by atoms with Gasteiger partial charge in [-0.15, -0.1) is 0 Å². The molecule has 0 amide bonds. The fourth-order valence-corrected chi connectivity index (χ4v) is 2.21. The zero-order valence-electron chi connectivity index (χ0n) is 8.29. The lowest BCUT2D eigenvalue weighted by Crippen LogP contribution is -1.88. The second-order valence-corrected chi connectivity index (χ2v) is 4.19. The minimum Gasteiger partial charge on any atom is -0.330 e. The van der Waals surface area contributed by atoms with Crippen LogP contribution in [0.4, 0.5) is 10.8 Å². The summed E-state index contributed by atoms with van der Waals surface area (Å²) >= 11 is 1.53. The highest BCUT2D eigenvalue weighted by molar-refractivity contribution is 7.21. The minimum absolute atomic E-state index is 0.835. The second kappa shape index (κ2) is 3.86. The first-order chi connectivity index (χ1) is 7.92. The lowest BCUT2D eigenvalue weighted by Gasteiger charge is -1.99. The maximum absolute atomic E-state index is 4.43. The van der Waals surface area contributed by atoms with Gasteiger partial charge in [-0.3, -0.25) is 4.98 Å². The molecule has 0 saturated carbocycles. The van der Waals surface area contributed by atoms with Crippen molar-refractivity contribution in [1.82, 2.24) is 15.0 Å². The van der Waals surface area contributed by atoms with E-state index in [2.05, 4.69) is 20.3 Å². The van der Waals surface area contributed by atoms with Crippen molar-refractivity contribution in [2.24, 2.45) is 0 Å². The number of fused-ring (bicyclic) bond motifs is 1. The Labute approximate surface area is 96.0 Å². The molecule has 0 radical (unpaired) electrons. The summed E-state index contributed by atoms with van der Waals surface area (Å²) in [7, 11) is 0. The van der Waals surface area contributed by atoms with E-state index in [4.69, 9.17) is 0 Å². The van der Waals surface area contributed by atoms with Gasteiger partial charge in [-0.1, -0.05) is 11.3 Å². The van der Waals surface area contributed by atoms with Crippen molar-refractivity contribution in [3.8, 4) is 0 Å². The van der Waals surface area contributed by atoms with Crippen molar-refractivity contribution in [1.29, 1.82) is 0 Å². The van der Waals surface area contributed by atoms with Crippen LogP contribution in [0.2, 0.25) is 0 Å². The molecular formula is C11H8N4S. The molecule has 0 atom stereocenters.